The highest BCUT2D eigenvalue weighted by molar-refractivity contribution is 5.22. The lowest BCUT2D eigenvalue weighted by Crippen LogP contribution is -2.44. The SMILES string of the molecule is CCCc1ccc(CN2CC(C)OC(C)C2)cc1. The van der Waals surface area contributed by atoms with Crippen molar-refractivity contribution in [3.8, 4) is 0 Å². The molecule has 0 N–H and O–H groups in total. The summed E-state index contributed by atoms with van der Waals surface area (Å²) in [5, 5.41) is 0. The largest absolute Gasteiger partial charge is 0.373 e. The lowest BCUT2D eigenvalue weighted by Gasteiger charge is -2.35. The van der Waals surface area contributed by atoms with Crippen molar-refractivity contribution >= 4 is 0 Å². The third kappa shape index (κ3) is 3.82. The molecule has 0 spiro atoms. The van der Waals surface area contributed by atoms with Gasteiger partial charge in [-0.3, -0.25) is 4.90 Å². The van der Waals surface area contributed by atoms with Crippen molar-refractivity contribution in [1.29, 1.82) is 0 Å². The third-order valence-corrected chi connectivity index (χ3v) is 3.46. The number of morpholine rings is 1. The molecule has 0 amide bonds. The van der Waals surface area contributed by atoms with Crippen LogP contribution in [0.25, 0.3) is 0 Å². The molecule has 2 heteroatoms. The molecule has 2 atom stereocenters. The molecule has 1 saturated heterocycles. The van der Waals surface area contributed by atoms with Crippen molar-refractivity contribution in [3.05, 3.63) is 35.4 Å². The molecule has 0 aromatic heterocycles. The van der Waals surface area contributed by atoms with E-state index in [4.69, 9.17) is 4.74 Å². The van der Waals surface area contributed by atoms with Gasteiger partial charge in [-0.1, -0.05) is 37.6 Å². The lowest BCUT2D eigenvalue weighted by atomic mass is 10.1. The quantitative estimate of drug-likeness (QED) is 0.810. The zero-order chi connectivity index (χ0) is 13.0. The first-order valence-corrected chi connectivity index (χ1v) is 7.13. The minimum Gasteiger partial charge on any atom is -0.373 e. The van der Waals surface area contributed by atoms with E-state index < -0.39 is 0 Å². The summed E-state index contributed by atoms with van der Waals surface area (Å²) in [7, 11) is 0. The molecule has 2 rings (SSSR count). The monoisotopic (exact) mass is 247 g/mol. The van der Waals surface area contributed by atoms with E-state index in [0.29, 0.717) is 12.2 Å². The van der Waals surface area contributed by atoms with E-state index in [1.165, 1.54) is 24.0 Å². The maximum absolute atomic E-state index is 5.76. The molecular weight excluding hydrogens is 222 g/mol. The van der Waals surface area contributed by atoms with Crippen LogP contribution in [0.3, 0.4) is 0 Å². The average Bonchev–Trinajstić information content (AvgIpc) is 2.31. The summed E-state index contributed by atoms with van der Waals surface area (Å²) in [6.07, 6.45) is 3.12. The van der Waals surface area contributed by atoms with E-state index >= 15 is 0 Å². The number of ether oxygens (including phenoxy) is 1. The number of hydrogen-bond donors (Lipinski definition) is 0. The molecule has 0 radical (unpaired) electrons. The molecule has 0 bridgehead atoms. The smallest absolute Gasteiger partial charge is 0.0678 e. The fourth-order valence-corrected chi connectivity index (χ4v) is 2.77. The summed E-state index contributed by atoms with van der Waals surface area (Å²) in [6, 6.07) is 9.09. The molecule has 1 aliphatic heterocycles. The summed E-state index contributed by atoms with van der Waals surface area (Å²) >= 11 is 0. The van der Waals surface area contributed by atoms with E-state index in [1.807, 2.05) is 0 Å². The topological polar surface area (TPSA) is 12.5 Å². The Morgan fingerprint density at radius 1 is 1.06 bits per heavy atom. The molecule has 2 nitrogen and oxygen atoms in total. The molecule has 1 fully saturated rings. The zero-order valence-electron chi connectivity index (χ0n) is 11.9. The van der Waals surface area contributed by atoms with Gasteiger partial charge < -0.3 is 4.74 Å². The number of rotatable bonds is 4. The number of benzene rings is 1. The molecule has 18 heavy (non-hydrogen) atoms. The highest BCUT2D eigenvalue weighted by Gasteiger charge is 2.21. The van der Waals surface area contributed by atoms with Gasteiger partial charge in [-0.25, -0.2) is 0 Å². The van der Waals surface area contributed by atoms with Gasteiger partial charge in [-0.2, -0.15) is 0 Å². The van der Waals surface area contributed by atoms with E-state index in [2.05, 4.69) is 49.9 Å². The van der Waals surface area contributed by atoms with E-state index in [9.17, 15) is 0 Å². The molecule has 2 unspecified atom stereocenters. The average molecular weight is 247 g/mol. The summed E-state index contributed by atoms with van der Waals surface area (Å²) in [6.45, 7) is 9.68. The van der Waals surface area contributed by atoms with Crippen LogP contribution in [0.1, 0.15) is 38.3 Å². The summed E-state index contributed by atoms with van der Waals surface area (Å²) < 4.78 is 5.76. The van der Waals surface area contributed by atoms with Gasteiger partial charge in [0.05, 0.1) is 12.2 Å². The van der Waals surface area contributed by atoms with Crippen molar-refractivity contribution in [2.24, 2.45) is 0 Å². The van der Waals surface area contributed by atoms with Gasteiger partial charge in [0.25, 0.3) is 0 Å². The van der Waals surface area contributed by atoms with Crippen molar-refractivity contribution in [2.45, 2.75) is 52.4 Å². The Hall–Kier alpha value is -0.860. The Morgan fingerprint density at radius 3 is 2.17 bits per heavy atom. The second-order valence-electron chi connectivity index (χ2n) is 5.52. The Bertz CT molecular complexity index is 350. The lowest BCUT2D eigenvalue weighted by molar-refractivity contribution is -0.0704. The molecule has 100 valence electrons. The van der Waals surface area contributed by atoms with E-state index in [1.54, 1.807) is 0 Å². The molecule has 1 aromatic carbocycles. The standard InChI is InChI=1S/C16H25NO/c1-4-5-15-6-8-16(9-7-15)12-17-10-13(2)18-14(3)11-17/h6-9,13-14H,4-5,10-12H2,1-3H3. The second kappa shape index (κ2) is 6.35. The van der Waals surface area contributed by atoms with E-state index in [-0.39, 0.29) is 0 Å². The van der Waals surface area contributed by atoms with Crippen LogP contribution in [0.15, 0.2) is 24.3 Å². The summed E-state index contributed by atoms with van der Waals surface area (Å²) in [5.74, 6) is 0. The molecule has 1 aliphatic rings. The van der Waals surface area contributed by atoms with Crippen molar-refractivity contribution in [3.63, 3.8) is 0 Å². The van der Waals surface area contributed by atoms with Gasteiger partial charge in [0.15, 0.2) is 0 Å². The molecule has 1 aromatic rings. The van der Waals surface area contributed by atoms with Crippen LogP contribution in [-0.2, 0) is 17.7 Å². The predicted octanol–water partition coefficient (Wildman–Crippen LogP) is 3.25. The maximum atomic E-state index is 5.76. The van der Waals surface area contributed by atoms with E-state index in [0.717, 1.165) is 19.6 Å². The first-order valence-electron chi connectivity index (χ1n) is 7.13. The van der Waals surface area contributed by atoms with Gasteiger partial charge in [-0.15, -0.1) is 0 Å². The minimum absolute atomic E-state index is 0.355. The maximum Gasteiger partial charge on any atom is 0.0678 e. The van der Waals surface area contributed by atoms with Gasteiger partial charge in [0.2, 0.25) is 0 Å². The van der Waals surface area contributed by atoms with Crippen molar-refractivity contribution < 1.29 is 4.74 Å². The van der Waals surface area contributed by atoms with Crippen LogP contribution in [0.4, 0.5) is 0 Å². The fraction of sp³-hybridized carbons (Fsp3) is 0.625. The Morgan fingerprint density at radius 2 is 1.61 bits per heavy atom. The normalized spacial score (nSPS) is 25.3. The molecular formula is C16H25NO. The second-order valence-corrected chi connectivity index (χ2v) is 5.52. The van der Waals surface area contributed by atoms with Crippen molar-refractivity contribution in [2.75, 3.05) is 13.1 Å². The minimum atomic E-state index is 0.355. The van der Waals surface area contributed by atoms with Crippen LogP contribution >= 0.6 is 0 Å². The number of aryl methyl sites for hydroxylation is 1. The Kier molecular flexibility index (Phi) is 4.79. The zero-order valence-corrected chi connectivity index (χ0v) is 11.9. The Balaban J connectivity index is 1.92. The molecule has 1 heterocycles. The molecule has 0 aliphatic carbocycles. The predicted molar refractivity (Wildman–Crippen MR) is 75.7 cm³/mol. The van der Waals surface area contributed by atoms with Crippen LogP contribution in [0.2, 0.25) is 0 Å². The third-order valence-electron chi connectivity index (χ3n) is 3.46. The molecule has 0 saturated carbocycles. The van der Waals surface area contributed by atoms with Crippen LogP contribution in [-0.4, -0.2) is 30.2 Å². The summed E-state index contributed by atoms with van der Waals surface area (Å²) in [4.78, 5) is 2.49. The van der Waals surface area contributed by atoms with Gasteiger partial charge in [0, 0.05) is 19.6 Å². The summed E-state index contributed by atoms with van der Waals surface area (Å²) in [5.41, 5.74) is 2.86. The highest BCUT2D eigenvalue weighted by Crippen LogP contribution is 2.15. The van der Waals surface area contributed by atoms with Crippen molar-refractivity contribution in [1.82, 2.24) is 4.90 Å². The number of hydrogen-bond acceptors (Lipinski definition) is 2. The number of nitrogens with zero attached hydrogens (tertiary/aromatic N) is 1. The first-order chi connectivity index (χ1) is 8.67. The van der Waals surface area contributed by atoms with Gasteiger partial charge in [-0.05, 0) is 31.4 Å². The first kappa shape index (κ1) is 13.6. The van der Waals surface area contributed by atoms with Gasteiger partial charge in [0.1, 0.15) is 0 Å². The van der Waals surface area contributed by atoms with Crippen LogP contribution < -0.4 is 0 Å². The Labute approximate surface area is 111 Å². The van der Waals surface area contributed by atoms with Gasteiger partial charge >= 0.3 is 0 Å². The fourth-order valence-electron chi connectivity index (χ4n) is 2.77. The van der Waals surface area contributed by atoms with Crippen LogP contribution in [0, 0.1) is 0 Å². The highest BCUT2D eigenvalue weighted by atomic mass is 16.5. The van der Waals surface area contributed by atoms with Crippen LogP contribution in [0.5, 0.6) is 0 Å².